The molecule has 100 valence electrons. The summed E-state index contributed by atoms with van der Waals surface area (Å²) in [7, 11) is 1.30. The summed E-state index contributed by atoms with van der Waals surface area (Å²) in [5.74, 6) is -0.788. The number of esters is 1. The molecule has 19 heavy (non-hydrogen) atoms. The quantitative estimate of drug-likeness (QED) is 0.832. The van der Waals surface area contributed by atoms with Gasteiger partial charge in [-0.15, -0.1) is 0 Å². The Morgan fingerprint density at radius 1 is 1.32 bits per heavy atom. The van der Waals surface area contributed by atoms with Crippen molar-refractivity contribution in [1.82, 2.24) is 0 Å². The summed E-state index contributed by atoms with van der Waals surface area (Å²) in [6, 6.07) is 6.43. The Morgan fingerprint density at radius 2 is 2.16 bits per heavy atom. The minimum absolute atomic E-state index is 0.106. The number of rotatable bonds is 3. The van der Waals surface area contributed by atoms with E-state index in [4.69, 9.17) is 9.47 Å². The molecule has 6 heteroatoms. The molecule has 0 saturated heterocycles. The summed E-state index contributed by atoms with van der Waals surface area (Å²) in [5, 5.41) is 2.61. The molecule has 0 aliphatic carbocycles. The lowest BCUT2D eigenvalue weighted by Gasteiger charge is -2.15. The van der Waals surface area contributed by atoms with Crippen LogP contribution in [-0.2, 0) is 19.0 Å². The van der Waals surface area contributed by atoms with E-state index in [9.17, 15) is 9.59 Å². The van der Waals surface area contributed by atoms with Crippen molar-refractivity contribution in [3.05, 3.63) is 41.9 Å². The summed E-state index contributed by atoms with van der Waals surface area (Å²) < 4.78 is 14.7. The Labute approximate surface area is 110 Å². The third-order valence-corrected chi connectivity index (χ3v) is 2.41. The zero-order chi connectivity index (χ0) is 13.7. The van der Waals surface area contributed by atoms with Gasteiger partial charge in [-0.2, -0.15) is 0 Å². The van der Waals surface area contributed by atoms with E-state index in [2.05, 4.69) is 10.1 Å². The molecular weight excluding hydrogens is 250 g/mol. The van der Waals surface area contributed by atoms with Crippen LogP contribution in [-0.4, -0.2) is 32.2 Å². The van der Waals surface area contributed by atoms with Crippen LogP contribution < -0.4 is 5.32 Å². The maximum atomic E-state index is 11.8. The van der Waals surface area contributed by atoms with Crippen LogP contribution >= 0.6 is 0 Å². The second-order valence-corrected chi connectivity index (χ2v) is 3.73. The fourth-order valence-corrected chi connectivity index (χ4v) is 1.52. The number of carbonyl (C=O) groups excluding carboxylic acids is 2. The summed E-state index contributed by atoms with van der Waals surface area (Å²) in [6.45, 7) is 0.760. The van der Waals surface area contributed by atoms with E-state index in [0.717, 1.165) is 0 Å². The molecule has 1 amide bonds. The van der Waals surface area contributed by atoms with Crippen molar-refractivity contribution in [3.63, 3.8) is 0 Å². The molecule has 0 atom stereocenters. The van der Waals surface area contributed by atoms with Gasteiger partial charge in [-0.25, -0.2) is 4.79 Å². The first-order chi connectivity index (χ1) is 9.20. The number of anilines is 1. The number of nitrogens with one attached hydrogen (secondary N) is 1. The highest BCUT2D eigenvalue weighted by molar-refractivity contribution is 6.02. The molecule has 1 aliphatic heterocycles. The molecule has 0 aromatic heterocycles. The topological polar surface area (TPSA) is 73.9 Å². The summed E-state index contributed by atoms with van der Waals surface area (Å²) in [6.07, 6.45) is 1.27. The second kappa shape index (κ2) is 5.90. The molecule has 1 aromatic carbocycles. The van der Waals surface area contributed by atoms with Gasteiger partial charge in [0.05, 0.1) is 12.7 Å². The van der Waals surface area contributed by atoms with Crippen LogP contribution in [0.3, 0.4) is 0 Å². The van der Waals surface area contributed by atoms with Crippen LogP contribution in [0.15, 0.2) is 36.3 Å². The lowest BCUT2D eigenvalue weighted by molar-refractivity contribution is -0.117. The third kappa shape index (κ3) is 3.25. The highest BCUT2D eigenvalue weighted by Gasteiger charge is 2.15. The average molecular weight is 263 g/mol. The molecule has 1 heterocycles. The molecule has 1 aliphatic rings. The van der Waals surface area contributed by atoms with Gasteiger partial charge in [0.15, 0.2) is 0 Å². The monoisotopic (exact) mass is 263 g/mol. The van der Waals surface area contributed by atoms with E-state index in [1.54, 1.807) is 18.2 Å². The van der Waals surface area contributed by atoms with Gasteiger partial charge in [-0.1, -0.05) is 6.07 Å². The van der Waals surface area contributed by atoms with Gasteiger partial charge >= 0.3 is 5.97 Å². The largest absolute Gasteiger partial charge is 0.494 e. The molecule has 0 spiro atoms. The van der Waals surface area contributed by atoms with Crippen LogP contribution in [0.4, 0.5) is 5.69 Å². The Hall–Kier alpha value is -2.50. The molecule has 0 bridgehead atoms. The zero-order valence-electron chi connectivity index (χ0n) is 10.3. The van der Waals surface area contributed by atoms with Gasteiger partial charge in [0, 0.05) is 5.69 Å². The van der Waals surface area contributed by atoms with Gasteiger partial charge in [0.25, 0.3) is 5.91 Å². The molecule has 0 radical (unpaired) electrons. The fourth-order valence-electron chi connectivity index (χ4n) is 1.52. The number of benzene rings is 1. The van der Waals surface area contributed by atoms with E-state index in [1.165, 1.54) is 19.4 Å². The van der Waals surface area contributed by atoms with Crippen molar-refractivity contribution >= 4 is 17.6 Å². The smallest absolute Gasteiger partial charge is 0.337 e. The van der Waals surface area contributed by atoms with E-state index < -0.39 is 11.9 Å². The average Bonchev–Trinajstić information content (AvgIpc) is 2.47. The van der Waals surface area contributed by atoms with E-state index in [0.29, 0.717) is 24.5 Å². The minimum atomic E-state index is -0.465. The van der Waals surface area contributed by atoms with Crippen molar-refractivity contribution in [2.24, 2.45) is 0 Å². The van der Waals surface area contributed by atoms with E-state index >= 15 is 0 Å². The van der Waals surface area contributed by atoms with Crippen LogP contribution in [0.5, 0.6) is 0 Å². The van der Waals surface area contributed by atoms with Crippen LogP contribution in [0.2, 0.25) is 0 Å². The van der Waals surface area contributed by atoms with Crippen molar-refractivity contribution in [2.45, 2.75) is 0 Å². The highest BCUT2D eigenvalue weighted by Crippen LogP contribution is 2.14. The Balaban J connectivity index is 2.08. The SMILES string of the molecule is COC(=O)c1cccc(NC(=O)C2=COCCO2)c1. The number of hydrogen-bond acceptors (Lipinski definition) is 5. The molecule has 1 aromatic rings. The molecule has 0 fully saturated rings. The fraction of sp³-hybridized carbons (Fsp3) is 0.231. The predicted octanol–water partition coefficient (Wildman–Crippen LogP) is 1.30. The summed E-state index contributed by atoms with van der Waals surface area (Å²) in [5.41, 5.74) is 0.832. The van der Waals surface area contributed by atoms with Gasteiger partial charge in [-0.3, -0.25) is 4.79 Å². The number of carbonyl (C=O) groups is 2. The van der Waals surface area contributed by atoms with Gasteiger partial charge in [0.1, 0.15) is 19.5 Å². The Morgan fingerprint density at radius 3 is 2.84 bits per heavy atom. The standard InChI is InChI=1S/C13H13NO5/c1-17-13(16)9-3-2-4-10(7-9)14-12(15)11-8-18-5-6-19-11/h2-4,7-8H,5-6H2,1H3,(H,14,15). The van der Waals surface area contributed by atoms with Crippen LogP contribution in [0, 0.1) is 0 Å². The number of methoxy groups -OCH3 is 1. The zero-order valence-corrected chi connectivity index (χ0v) is 10.3. The van der Waals surface area contributed by atoms with Crippen molar-refractivity contribution in [2.75, 3.05) is 25.6 Å². The van der Waals surface area contributed by atoms with Gasteiger partial charge < -0.3 is 19.5 Å². The van der Waals surface area contributed by atoms with E-state index in [-0.39, 0.29) is 5.76 Å². The molecule has 1 N–H and O–H groups in total. The van der Waals surface area contributed by atoms with Crippen LogP contribution in [0.25, 0.3) is 0 Å². The van der Waals surface area contributed by atoms with Gasteiger partial charge in [0.2, 0.25) is 5.76 Å². The molecule has 2 rings (SSSR count). The van der Waals surface area contributed by atoms with Crippen molar-refractivity contribution in [3.8, 4) is 0 Å². The predicted molar refractivity (Wildman–Crippen MR) is 66.4 cm³/mol. The Kier molecular flexibility index (Phi) is 4.02. The highest BCUT2D eigenvalue weighted by atomic mass is 16.6. The normalized spacial score (nSPS) is 13.6. The maximum Gasteiger partial charge on any atom is 0.337 e. The number of amides is 1. The summed E-state index contributed by atoms with van der Waals surface area (Å²) in [4.78, 5) is 23.2. The second-order valence-electron chi connectivity index (χ2n) is 3.73. The van der Waals surface area contributed by atoms with Crippen molar-refractivity contribution in [1.29, 1.82) is 0 Å². The first-order valence-corrected chi connectivity index (χ1v) is 5.65. The maximum absolute atomic E-state index is 11.8. The van der Waals surface area contributed by atoms with Crippen molar-refractivity contribution < 1.29 is 23.8 Å². The van der Waals surface area contributed by atoms with E-state index in [1.807, 2.05) is 0 Å². The van der Waals surface area contributed by atoms with Crippen LogP contribution in [0.1, 0.15) is 10.4 Å². The lowest BCUT2D eigenvalue weighted by Crippen LogP contribution is -2.21. The molecule has 0 saturated carbocycles. The lowest BCUT2D eigenvalue weighted by atomic mass is 10.2. The number of ether oxygens (including phenoxy) is 3. The first-order valence-electron chi connectivity index (χ1n) is 5.65. The third-order valence-electron chi connectivity index (χ3n) is 2.41. The van der Waals surface area contributed by atoms with Gasteiger partial charge in [-0.05, 0) is 18.2 Å². The molecule has 0 unspecified atom stereocenters. The Bertz CT molecular complexity index is 524. The first kappa shape index (κ1) is 12.9. The molecular formula is C13H13NO5. The summed E-state index contributed by atoms with van der Waals surface area (Å²) >= 11 is 0. The molecule has 6 nitrogen and oxygen atoms in total. The number of hydrogen-bond donors (Lipinski definition) is 1. The minimum Gasteiger partial charge on any atom is -0.494 e.